The second kappa shape index (κ2) is 4.51. The van der Waals surface area contributed by atoms with Crippen LogP contribution in [0.1, 0.15) is 11.1 Å². The number of fused-ring (bicyclic) bond motifs is 1. The molecule has 2 aromatic heterocycles. The molecule has 98 valence electrons. The van der Waals surface area contributed by atoms with Crippen LogP contribution in [0.15, 0.2) is 30.5 Å². The molecule has 0 atom stereocenters. The fourth-order valence-corrected chi connectivity index (χ4v) is 2.37. The monoisotopic (exact) mass is 283 g/mol. The molecule has 0 spiro atoms. The molecule has 5 nitrogen and oxygen atoms in total. The van der Waals surface area contributed by atoms with E-state index in [1.165, 1.54) is 0 Å². The number of nitrogen functional groups attached to an aromatic ring is 1. The van der Waals surface area contributed by atoms with Crippen molar-refractivity contribution in [3.8, 4) is 11.8 Å². The number of benzene rings is 1. The van der Waals surface area contributed by atoms with Crippen LogP contribution in [0.25, 0.3) is 16.9 Å². The van der Waals surface area contributed by atoms with Crippen LogP contribution in [0, 0.1) is 18.3 Å². The molecule has 0 amide bonds. The fraction of sp³-hybridized carbons (Fsp3) is 0.0714. The summed E-state index contributed by atoms with van der Waals surface area (Å²) in [7, 11) is 0. The van der Waals surface area contributed by atoms with Crippen molar-refractivity contribution in [1.82, 2.24) is 14.5 Å². The lowest BCUT2D eigenvalue weighted by Gasteiger charge is -2.08. The number of aromatic nitrogens is 3. The van der Waals surface area contributed by atoms with Crippen molar-refractivity contribution in [2.24, 2.45) is 0 Å². The third-order valence-corrected chi connectivity index (χ3v) is 3.39. The van der Waals surface area contributed by atoms with Gasteiger partial charge in [-0.25, -0.2) is 9.97 Å². The van der Waals surface area contributed by atoms with E-state index >= 15 is 0 Å². The Bertz CT molecular complexity index is 860. The zero-order valence-corrected chi connectivity index (χ0v) is 11.4. The molecule has 0 aliphatic rings. The first kappa shape index (κ1) is 12.5. The van der Waals surface area contributed by atoms with Gasteiger partial charge in [-0.2, -0.15) is 5.26 Å². The Labute approximate surface area is 120 Å². The highest BCUT2D eigenvalue weighted by Gasteiger charge is 2.15. The zero-order valence-electron chi connectivity index (χ0n) is 10.6. The lowest BCUT2D eigenvalue weighted by atomic mass is 10.2. The van der Waals surface area contributed by atoms with Gasteiger partial charge >= 0.3 is 0 Å². The van der Waals surface area contributed by atoms with Gasteiger partial charge in [-0.15, -0.1) is 0 Å². The number of rotatable bonds is 1. The number of hydrogen-bond acceptors (Lipinski definition) is 4. The molecule has 0 saturated heterocycles. The van der Waals surface area contributed by atoms with Crippen LogP contribution in [0.3, 0.4) is 0 Å². The first-order valence-electron chi connectivity index (χ1n) is 5.91. The van der Waals surface area contributed by atoms with Gasteiger partial charge in [0.1, 0.15) is 5.52 Å². The Morgan fingerprint density at radius 1 is 1.35 bits per heavy atom. The van der Waals surface area contributed by atoms with Gasteiger partial charge in [0.2, 0.25) is 5.95 Å². The maximum Gasteiger partial charge on any atom is 0.207 e. The molecule has 3 aromatic rings. The highest BCUT2D eigenvalue weighted by molar-refractivity contribution is 6.32. The van der Waals surface area contributed by atoms with Crippen molar-refractivity contribution >= 4 is 28.7 Å². The molecule has 0 radical (unpaired) electrons. The summed E-state index contributed by atoms with van der Waals surface area (Å²) in [5.74, 6) is 0.313. The molecular weight excluding hydrogens is 274 g/mol. The quantitative estimate of drug-likeness (QED) is 0.744. The summed E-state index contributed by atoms with van der Waals surface area (Å²) in [5.41, 5.74) is 9.51. The van der Waals surface area contributed by atoms with E-state index in [9.17, 15) is 0 Å². The summed E-state index contributed by atoms with van der Waals surface area (Å²) in [5, 5.41) is 9.31. The minimum Gasteiger partial charge on any atom is -0.369 e. The van der Waals surface area contributed by atoms with E-state index in [1.54, 1.807) is 29.0 Å². The standard InChI is InChI=1S/C14H10ClN5/c1-8-4-5-18-13-12(8)19-14(17)20(13)11-3-2-9(7-16)6-10(11)15/h2-6H,1H3,(H2,17,19). The lowest BCUT2D eigenvalue weighted by Crippen LogP contribution is -2.02. The van der Waals surface area contributed by atoms with Crippen molar-refractivity contribution in [3.05, 3.63) is 46.6 Å². The second-order valence-corrected chi connectivity index (χ2v) is 4.79. The molecule has 0 bridgehead atoms. The Balaban J connectivity index is 2.33. The van der Waals surface area contributed by atoms with Gasteiger partial charge in [0.15, 0.2) is 5.65 Å². The Morgan fingerprint density at radius 2 is 2.15 bits per heavy atom. The average molecular weight is 284 g/mol. The highest BCUT2D eigenvalue weighted by atomic mass is 35.5. The van der Waals surface area contributed by atoms with Gasteiger partial charge in [-0.3, -0.25) is 4.57 Å². The molecule has 0 unspecified atom stereocenters. The molecule has 0 aliphatic carbocycles. The Morgan fingerprint density at radius 3 is 2.85 bits per heavy atom. The summed E-state index contributed by atoms with van der Waals surface area (Å²) in [6.07, 6.45) is 1.70. The van der Waals surface area contributed by atoms with Crippen molar-refractivity contribution in [1.29, 1.82) is 5.26 Å². The molecule has 0 aliphatic heterocycles. The lowest BCUT2D eigenvalue weighted by molar-refractivity contribution is 1.08. The maximum absolute atomic E-state index is 8.88. The molecule has 0 saturated carbocycles. The first-order chi connectivity index (χ1) is 9.61. The largest absolute Gasteiger partial charge is 0.369 e. The van der Waals surface area contributed by atoms with Crippen LogP contribution in [0.2, 0.25) is 5.02 Å². The molecule has 6 heteroatoms. The number of aryl methyl sites for hydroxylation is 1. The van der Waals surface area contributed by atoms with E-state index in [1.807, 2.05) is 19.1 Å². The van der Waals surface area contributed by atoms with E-state index in [-0.39, 0.29) is 0 Å². The normalized spacial score (nSPS) is 10.7. The summed E-state index contributed by atoms with van der Waals surface area (Å²) >= 11 is 6.23. The number of nitrogens with two attached hydrogens (primary N) is 1. The van der Waals surface area contributed by atoms with Gasteiger partial charge in [0, 0.05) is 6.20 Å². The van der Waals surface area contributed by atoms with Crippen LogP contribution in [0.5, 0.6) is 0 Å². The van der Waals surface area contributed by atoms with Crippen LogP contribution in [0.4, 0.5) is 5.95 Å². The second-order valence-electron chi connectivity index (χ2n) is 4.38. The van der Waals surface area contributed by atoms with Gasteiger partial charge in [-0.1, -0.05) is 11.6 Å². The number of hydrogen-bond donors (Lipinski definition) is 1. The van der Waals surface area contributed by atoms with E-state index < -0.39 is 0 Å². The van der Waals surface area contributed by atoms with Crippen molar-refractivity contribution < 1.29 is 0 Å². The predicted octanol–water partition coefficient (Wildman–Crippen LogP) is 2.84. The molecule has 2 heterocycles. The van der Waals surface area contributed by atoms with E-state index in [4.69, 9.17) is 22.6 Å². The van der Waals surface area contributed by atoms with Crippen molar-refractivity contribution in [2.45, 2.75) is 6.92 Å². The van der Waals surface area contributed by atoms with Crippen molar-refractivity contribution in [3.63, 3.8) is 0 Å². The number of nitriles is 1. The van der Waals surface area contributed by atoms with Gasteiger partial charge in [0.25, 0.3) is 0 Å². The highest BCUT2D eigenvalue weighted by Crippen LogP contribution is 2.28. The molecule has 1 aromatic carbocycles. The number of imidazole rings is 1. The van der Waals surface area contributed by atoms with Gasteiger partial charge in [-0.05, 0) is 36.8 Å². The minimum atomic E-state index is 0.313. The number of halogens is 1. The zero-order chi connectivity index (χ0) is 14.3. The Kier molecular flexibility index (Phi) is 2.81. The van der Waals surface area contributed by atoms with Crippen LogP contribution in [-0.2, 0) is 0 Å². The van der Waals surface area contributed by atoms with E-state index in [0.717, 1.165) is 11.1 Å². The third kappa shape index (κ3) is 1.78. The fourth-order valence-electron chi connectivity index (χ4n) is 2.11. The molecule has 3 rings (SSSR count). The van der Waals surface area contributed by atoms with Crippen molar-refractivity contribution in [2.75, 3.05) is 5.73 Å². The SMILES string of the molecule is Cc1ccnc2c1nc(N)n2-c1ccc(C#N)cc1Cl. The molecule has 20 heavy (non-hydrogen) atoms. The molecular formula is C14H10ClN5. The smallest absolute Gasteiger partial charge is 0.207 e. The molecule has 0 fully saturated rings. The predicted molar refractivity (Wildman–Crippen MR) is 77.7 cm³/mol. The van der Waals surface area contributed by atoms with Crippen LogP contribution in [-0.4, -0.2) is 14.5 Å². The first-order valence-corrected chi connectivity index (χ1v) is 6.29. The number of anilines is 1. The van der Waals surface area contributed by atoms with Gasteiger partial charge < -0.3 is 5.73 Å². The Hall–Kier alpha value is -2.58. The topological polar surface area (TPSA) is 80.5 Å². The van der Waals surface area contributed by atoms with Crippen LogP contribution < -0.4 is 5.73 Å². The van der Waals surface area contributed by atoms with E-state index in [2.05, 4.69) is 9.97 Å². The third-order valence-electron chi connectivity index (χ3n) is 3.09. The number of pyridine rings is 1. The summed E-state index contributed by atoms with van der Waals surface area (Å²) in [6, 6.07) is 8.94. The number of nitrogens with zero attached hydrogens (tertiary/aromatic N) is 4. The summed E-state index contributed by atoms with van der Waals surface area (Å²) in [6.45, 7) is 1.95. The van der Waals surface area contributed by atoms with E-state index in [0.29, 0.717) is 27.9 Å². The van der Waals surface area contributed by atoms with Crippen LogP contribution >= 0.6 is 11.6 Å². The minimum absolute atomic E-state index is 0.313. The maximum atomic E-state index is 8.88. The summed E-state index contributed by atoms with van der Waals surface area (Å²) in [4.78, 5) is 8.65. The van der Waals surface area contributed by atoms with Gasteiger partial charge in [0.05, 0.1) is 22.3 Å². The molecule has 2 N–H and O–H groups in total. The average Bonchev–Trinajstić information content (AvgIpc) is 2.77. The summed E-state index contributed by atoms with van der Waals surface area (Å²) < 4.78 is 1.69.